The molecule has 0 fully saturated rings. The van der Waals surface area contributed by atoms with E-state index in [1.54, 1.807) is 26.0 Å². The standard InChI is InChI=1S/C14H8N4/c1-9-5-12(14(8-16)18-4)10(2)6-11(9)13(7-15)17-3/h5-6H,1-2H3/b13-11-,14-12-. The number of benzene rings is 1. The van der Waals surface area contributed by atoms with Gasteiger partial charge in [-0.05, 0) is 24.3 Å². The SMILES string of the molecule is [C-]#[N+]/C(C#N)=c1/cc(C)/c(=C(/C#N)[N+]#[C-])cc1C. The summed E-state index contributed by atoms with van der Waals surface area (Å²) in [5.41, 5.74) is 1.45. The van der Waals surface area contributed by atoms with Crippen molar-refractivity contribution >= 4 is 11.4 Å². The van der Waals surface area contributed by atoms with Crippen LogP contribution in [0.3, 0.4) is 0 Å². The van der Waals surface area contributed by atoms with E-state index in [0.717, 1.165) is 0 Å². The molecule has 0 bridgehead atoms. The Morgan fingerprint density at radius 2 is 1.28 bits per heavy atom. The van der Waals surface area contributed by atoms with Crippen LogP contribution in [0.15, 0.2) is 12.1 Å². The zero-order valence-electron chi connectivity index (χ0n) is 9.94. The fraction of sp³-hybridized carbons (Fsp3) is 0.143. The smallest absolute Gasteiger partial charge is 0.226 e. The Balaban J connectivity index is 3.96. The lowest BCUT2D eigenvalue weighted by atomic mass is 10.0. The van der Waals surface area contributed by atoms with Gasteiger partial charge in [0.05, 0.1) is 25.3 Å². The summed E-state index contributed by atoms with van der Waals surface area (Å²) < 4.78 is 0. The lowest BCUT2D eigenvalue weighted by molar-refractivity contribution is 1.30. The average molecular weight is 232 g/mol. The maximum absolute atomic E-state index is 8.86. The Kier molecular flexibility index (Phi) is 3.83. The van der Waals surface area contributed by atoms with Crippen LogP contribution >= 0.6 is 0 Å². The van der Waals surface area contributed by atoms with Crippen LogP contribution in [0.4, 0.5) is 0 Å². The number of hydrogen-bond acceptors (Lipinski definition) is 2. The molecular weight excluding hydrogens is 224 g/mol. The first-order valence-corrected chi connectivity index (χ1v) is 5.00. The first-order chi connectivity index (χ1) is 8.58. The largest absolute Gasteiger partial charge is 0.269 e. The second-order valence-electron chi connectivity index (χ2n) is 3.63. The van der Waals surface area contributed by atoms with E-state index in [0.29, 0.717) is 21.6 Å². The number of nitrogens with zero attached hydrogens (tertiary/aromatic N) is 4. The summed E-state index contributed by atoms with van der Waals surface area (Å²) in [6, 6.07) is 7.03. The molecule has 4 heteroatoms. The summed E-state index contributed by atoms with van der Waals surface area (Å²) >= 11 is 0. The minimum atomic E-state index is 0.0171. The average Bonchev–Trinajstić information content (AvgIpc) is 2.37. The Morgan fingerprint density at radius 3 is 1.50 bits per heavy atom. The van der Waals surface area contributed by atoms with Gasteiger partial charge in [-0.25, -0.2) is 20.2 Å². The zero-order chi connectivity index (χ0) is 13.7. The van der Waals surface area contributed by atoms with Crippen LogP contribution in [-0.4, -0.2) is 0 Å². The normalized spacial score (nSPS) is 12.3. The van der Waals surface area contributed by atoms with Crippen LogP contribution in [0, 0.1) is 49.7 Å². The Bertz CT molecular complexity index is 685. The third kappa shape index (κ3) is 2.19. The number of rotatable bonds is 0. The summed E-state index contributed by atoms with van der Waals surface area (Å²) in [5.74, 6) is 0. The van der Waals surface area contributed by atoms with Crippen molar-refractivity contribution in [3.63, 3.8) is 0 Å². The van der Waals surface area contributed by atoms with Crippen molar-refractivity contribution in [2.24, 2.45) is 0 Å². The molecule has 0 aliphatic carbocycles. The molecule has 1 aromatic rings. The highest BCUT2D eigenvalue weighted by Gasteiger charge is 2.04. The Labute approximate surface area is 105 Å². The molecule has 18 heavy (non-hydrogen) atoms. The summed E-state index contributed by atoms with van der Waals surface area (Å²) in [5, 5.41) is 18.8. The van der Waals surface area contributed by atoms with E-state index >= 15 is 0 Å². The van der Waals surface area contributed by atoms with Gasteiger partial charge in [0.25, 0.3) is 11.4 Å². The highest BCUT2D eigenvalue weighted by Crippen LogP contribution is 2.00. The minimum absolute atomic E-state index is 0.0171. The Morgan fingerprint density at radius 1 is 0.944 bits per heavy atom. The fourth-order valence-electron chi connectivity index (χ4n) is 1.62. The topological polar surface area (TPSA) is 56.3 Å². The molecule has 0 heterocycles. The quantitative estimate of drug-likeness (QED) is 0.635. The Hall–Kier alpha value is -3.08. The highest BCUT2D eigenvalue weighted by atomic mass is 14.7. The van der Waals surface area contributed by atoms with Crippen LogP contribution in [0.2, 0.25) is 0 Å². The monoisotopic (exact) mass is 232 g/mol. The maximum atomic E-state index is 8.86. The third-order valence-electron chi connectivity index (χ3n) is 2.52. The molecule has 0 atom stereocenters. The van der Waals surface area contributed by atoms with E-state index in [2.05, 4.69) is 9.69 Å². The van der Waals surface area contributed by atoms with Crippen molar-refractivity contribution in [1.82, 2.24) is 0 Å². The molecule has 0 aliphatic heterocycles. The summed E-state index contributed by atoms with van der Waals surface area (Å²) in [6.45, 7) is 17.4. The van der Waals surface area contributed by atoms with Gasteiger partial charge in [-0.15, -0.1) is 0 Å². The maximum Gasteiger partial charge on any atom is 0.269 e. The molecule has 0 amide bonds. The molecule has 1 aromatic carbocycles. The first-order valence-electron chi connectivity index (χ1n) is 5.00. The van der Waals surface area contributed by atoms with Crippen LogP contribution in [-0.2, 0) is 0 Å². The molecule has 0 unspecified atom stereocenters. The number of hydrogen-bond donors (Lipinski definition) is 0. The molecule has 0 N–H and O–H groups in total. The van der Waals surface area contributed by atoms with E-state index in [1.807, 2.05) is 12.1 Å². The van der Waals surface area contributed by atoms with E-state index in [4.69, 9.17) is 23.7 Å². The van der Waals surface area contributed by atoms with E-state index < -0.39 is 0 Å². The van der Waals surface area contributed by atoms with Gasteiger partial charge in [0.2, 0.25) is 0 Å². The molecular formula is C14H8N4. The van der Waals surface area contributed by atoms with Crippen LogP contribution in [0.25, 0.3) is 21.1 Å². The first kappa shape index (κ1) is 13.0. The predicted octanol–water partition coefficient (Wildman–Crippen LogP) is 1.41. The minimum Gasteiger partial charge on any atom is -0.226 e. The molecule has 0 spiro atoms. The summed E-state index contributed by atoms with van der Waals surface area (Å²) in [4.78, 5) is 6.33. The molecule has 0 saturated carbocycles. The van der Waals surface area contributed by atoms with Crippen LogP contribution < -0.4 is 10.4 Å². The molecule has 0 aromatic heterocycles. The third-order valence-corrected chi connectivity index (χ3v) is 2.52. The van der Waals surface area contributed by atoms with E-state index in [1.165, 1.54) is 0 Å². The van der Waals surface area contributed by atoms with Gasteiger partial charge in [-0.3, -0.25) is 0 Å². The van der Waals surface area contributed by atoms with Gasteiger partial charge in [-0.2, -0.15) is 0 Å². The van der Waals surface area contributed by atoms with Gasteiger partial charge in [-0.1, -0.05) is 23.3 Å². The zero-order valence-corrected chi connectivity index (χ0v) is 9.94. The highest BCUT2D eigenvalue weighted by molar-refractivity contribution is 5.69. The van der Waals surface area contributed by atoms with Gasteiger partial charge in [0.15, 0.2) is 0 Å². The number of nitriles is 2. The van der Waals surface area contributed by atoms with Crippen molar-refractivity contribution in [3.8, 4) is 12.1 Å². The van der Waals surface area contributed by atoms with Gasteiger partial charge >= 0.3 is 0 Å². The molecule has 0 saturated heterocycles. The van der Waals surface area contributed by atoms with Crippen molar-refractivity contribution in [1.29, 1.82) is 10.5 Å². The molecule has 0 aliphatic rings. The molecule has 4 nitrogen and oxygen atoms in total. The lowest BCUT2D eigenvalue weighted by Crippen LogP contribution is -2.19. The second-order valence-corrected chi connectivity index (χ2v) is 3.63. The van der Waals surface area contributed by atoms with Gasteiger partial charge < -0.3 is 0 Å². The lowest BCUT2D eigenvalue weighted by Gasteiger charge is -2.01. The predicted molar refractivity (Wildman–Crippen MR) is 66.4 cm³/mol. The van der Waals surface area contributed by atoms with Gasteiger partial charge in [0.1, 0.15) is 0 Å². The molecule has 1 rings (SSSR count). The van der Waals surface area contributed by atoms with Crippen molar-refractivity contribution < 1.29 is 0 Å². The van der Waals surface area contributed by atoms with Crippen LogP contribution in [0.1, 0.15) is 11.1 Å². The second kappa shape index (κ2) is 5.31. The van der Waals surface area contributed by atoms with Crippen molar-refractivity contribution in [3.05, 3.63) is 56.5 Å². The van der Waals surface area contributed by atoms with E-state index in [9.17, 15) is 0 Å². The summed E-state index contributed by atoms with van der Waals surface area (Å²) in [6.07, 6.45) is 0. The van der Waals surface area contributed by atoms with Crippen molar-refractivity contribution in [2.45, 2.75) is 13.8 Å². The van der Waals surface area contributed by atoms with Gasteiger partial charge in [0, 0.05) is 0 Å². The fourth-order valence-corrected chi connectivity index (χ4v) is 1.62. The molecule has 0 radical (unpaired) electrons. The van der Waals surface area contributed by atoms with Crippen LogP contribution in [0.5, 0.6) is 0 Å². The number of aryl methyl sites for hydroxylation is 2. The molecule has 84 valence electrons. The van der Waals surface area contributed by atoms with Crippen molar-refractivity contribution in [2.75, 3.05) is 0 Å². The summed E-state index contributed by atoms with van der Waals surface area (Å²) in [7, 11) is 0. The van der Waals surface area contributed by atoms with E-state index in [-0.39, 0.29) is 11.4 Å².